The maximum absolute atomic E-state index is 12.1. The number of nitrogens with zero attached hydrogens (tertiary/aromatic N) is 4. The van der Waals surface area contributed by atoms with Crippen LogP contribution >= 0.6 is 15.9 Å². The Labute approximate surface area is 120 Å². The molecule has 10 nitrogen and oxygen atoms in total. The summed E-state index contributed by atoms with van der Waals surface area (Å²) in [5.41, 5.74) is -0.520. The molecule has 1 aromatic carbocycles. The lowest BCUT2D eigenvalue weighted by molar-refractivity contribution is -0.387. The molecule has 0 radical (unpaired) electrons. The molecule has 2 rings (SSSR count). The average molecular weight is 363 g/mol. The van der Waals surface area contributed by atoms with Gasteiger partial charge in [0.25, 0.3) is 5.69 Å². The zero-order valence-corrected chi connectivity index (χ0v) is 12.0. The van der Waals surface area contributed by atoms with E-state index in [2.05, 4.69) is 41.3 Å². The van der Waals surface area contributed by atoms with Crippen LogP contribution in [0.25, 0.3) is 0 Å². The summed E-state index contributed by atoms with van der Waals surface area (Å²) in [5, 5.41) is 23.4. The lowest BCUT2D eigenvalue weighted by atomic mass is 10.3. The van der Waals surface area contributed by atoms with Crippen LogP contribution in [0.1, 0.15) is 5.82 Å². The van der Waals surface area contributed by atoms with Crippen LogP contribution in [-0.4, -0.2) is 34.0 Å². The molecule has 0 aliphatic rings. The molecule has 12 heteroatoms. The van der Waals surface area contributed by atoms with Crippen molar-refractivity contribution >= 4 is 31.6 Å². The van der Waals surface area contributed by atoms with Gasteiger partial charge < -0.3 is 0 Å². The first-order valence-electron chi connectivity index (χ1n) is 5.06. The molecule has 0 spiro atoms. The van der Waals surface area contributed by atoms with Crippen LogP contribution < -0.4 is 4.72 Å². The minimum absolute atomic E-state index is 0.117. The van der Waals surface area contributed by atoms with E-state index in [0.29, 0.717) is 4.47 Å². The van der Waals surface area contributed by atoms with Gasteiger partial charge in [-0.15, -0.1) is 10.2 Å². The highest BCUT2D eigenvalue weighted by Crippen LogP contribution is 2.27. The van der Waals surface area contributed by atoms with Gasteiger partial charge in [0.1, 0.15) is 0 Å². The largest absolute Gasteiger partial charge is 0.289 e. The Hall–Kier alpha value is -1.92. The summed E-state index contributed by atoms with van der Waals surface area (Å²) in [7, 11) is -4.08. The third-order valence-corrected chi connectivity index (χ3v) is 4.14. The van der Waals surface area contributed by atoms with Crippen molar-refractivity contribution < 1.29 is 13.3 Å². The molecule has 0 atom stereocenters. The molecular weight excluding hydrogens is 356 g/mol. The molecule has 0 unspecified atom stereocenters. The maximum atomic E-state index is 12.1. The summed E-state index contributed by atoms with van der Waals surface area (Å²) < 4.78 is 26.7. The summed E-state index contributed by atoms with van der Waals surface area (Å²) in [6.45, 7) is -0.234. The van der Waals surface area contributed by atoms with Gasteiger partial charge in [-0.05, 0) is 12.1 Å². The number of halogens is 1. The molecule has 2 aromatic rings. The quantitative estimate of drug-likeness (QED) is 0.576. The zero-order chi connectivity index (χ0) is 14.8. The molecule has 2 N–H and O–H groups in total. The van der Waals surface area contributed by atoms with Crippen LogP contribution in [0.5, 0.6) is 0 Å². The van der Waals surface area contributed by atoms with Crippen LogP contribution in [0.4, 0.5) is 5.69 Å². The second-order valence-electron chi connectivity index (χ2n) is 3.52. The summed E-state index contributed by atoms with van der Waals surface area (Å²) >= 11 is 3.07. The molecule has 0 amide bonds. The summed E-state index contributed by atoms with van der Waals surface area (Å²) in [6, 6.07) is 3.64. The molecular formula is C8H7BrN6O4S. The number of nitro groups is 1. The number of hydrogen-bond acceptors (Lipinski definition) is 7. The third-order valence-electron chi connectivity index (χ3n) is 2.22. The Bertz CT molecular complexity index is 731. The molecule has 1 aromatic heterocycles. The van der Waals surface area contributed by atoms with Crippen molar-refractivity contribution in [2.75, 3.05) is 0 Å². The van der Waals surface area contributed by atoms with E-state index in [-0.39, 0.29) is 12.4 Å². The summed E-state index contributed by atoms with van der Waals surface area (Å²) in [4.78, 5) is 9.66. The van der Waals surface area contributed by atoms with E-state index >= 15 is 0 Å². The first kappa shape index (κ1) is 14.5. The summed E-state index contributed by atoms with van der Waals surface area (Å²) in [5.74, 6) is 0.117. The number of hydrogen-bond donors (Lipinski definition) is 2. The van der Waals surface area contributed by atoms with Gasteiger partial charge >= 0.3 is 0 Å². The molecule has 0 aliphatic carbocycles. The minimum atomic E-state index is -4.08. The molecule has 0 saturated carbocycles. The van der Waals surface area contributed by atoms with E-state index < -0.39 is 25.5 Å². The van der Waals surface area contributed by atoms with Crippen molar-refractivity contribution in [3.63, 3.8) is 0 Å². The minimum Gasteiger partial charge on any atom is -0.258 e. The Morgan fingerprint density at radius 3 is 2.80 bits per heavy atom. The average Bonchev–Trinajstić information content (AvgIpc) is 2.89. The van der Waals surface area contributed by atoms with Gasteiger partial charge in [-0.25, -0.2) is 13.1 Å². The van der Waals surface area contributed by atoms with Crippen molar-refractivity contribution in [3.05, 3.63) is 38.6 Å². The third kappa shape index (κ3) is 3.15. The van der Waals surface area contributed by atoms with Crippen LogP contribution in [0, 0.1) is 10.1 Å². The van der Waals surface area contributed by atoms with E-state index in [1.165, 1.54) is 6.07 Å². The molecule has 0 aliphatic heterocycles. The van der Waals surface area contributed by atoms with Gasteiger partial charge in [0.15, 0.2) is 10.7 Å². The second kappa shape index (κ2) is 5.60. The molecule has 0 bridgehead atoms. The standard InChI is InChI=1S/C8H7BrN6O4S/c9-5-1-2-6(15(16)17)7(3-5)20(18,19)10-4-8-11-13-14-12-8/h1-3,10H,4H2,(H,11,12,13,14). The van der Waals surface area contributed by atoms with Gasteiger partial charge in [-0.3, -0.25) is 10.1 Å². The zero-order valence-electron chi connectivity index (χ0n) is 9.65. The van der Waals surface area contributed by atoms with Crippen LogP contribution in [0.3, 0.4) is 0 Å². The highest BCUT2D eigenvalue weighted by atomic mass is 79.9. The molecule has 1 heterocycles. The fraction of sp³-hybridized carbons (Fsp3) is 0.125. The molecule has 106 valence electrons. The molecule has 0 fully saturated rings. The van der Waals surface area contributed by atoms with E-state index in [1.807, 2.05) is 0 Å². The van der Waals surface area contributed by atoms with Crippen molar-refractivity contribution in [1.82, 2.24) is 25.3 Å². The van der Waals surface area contributed by atoms with Crippen molar-refractivity contribution in [2.45, 2.75) is 11.4 Å². The lowest BCUT2D eigenvalue weighted by Crippen LogP contribution is -2.24. The SMILES string of the molecule is O=[N+]([O-])c1ccc(Br)cc1S(=O)(=O)NCc1nn[nH]n1. The van der Waals surface area contributed by atoms with E-state index in [0.717, 1.165) is 12.1 Å². The van der Waals surface area contributed by atoms with Gasteiger partial charge in [-0.2, -0.15) is 5.21 Å². The predicted octanol–water partition coefficient (Wildman–Crippen LogP) is 0.349. The normalized spacial score (nSPS) is 11.4. The molecule has 0 saturated heterocycles. The Kier molecular flexibility index (Phi) is 4.06. The van der Waals surface area contributed by atoms with E-state index in [4.69, 9.17) is 0 Å². The Balaban J connectivity index is 2.33. The number of aromatic amines is 1. The maximum Gasteiger partial charge on any atom is 0.289 e. The monoisotopic (exact) mass is 362 g/mol. The Morgan fingerprint density at radius 1 is 1.45 bits per heavy atom. The number of sulfonamides is 1. The highest BCUT2D eigenvalue weighted by molar-refractivity contribution is 9.10. The van der Waals surface area contributed by atoms with Gasteiger partial charge in [0.05, 0.1) is 11.5 Å². The Morgan fingerprint density at radius 2 is 2.20 bits per heavy atom. The van der Waals surface area contributed by atoms with Gasteiger partial charge in [-0.1, -0.05) is 21.1 Å². The summed E-state index contributed by atoms with van der Waals surface area (Å²) in [6.07, 6.45) is 0. The van der Waals surface area contributed by atoms with Gasteiger partial charge in [0, 0.05) is 10.5 Å². The molecule has 20 heavy (non-hydrogen) atoms. The highest BCUT2D eigenvalue weighted by Gasteiger charge is 2.26. The number of nitrogens with one attached hydrogen (secondary N) is 2. The topological polar surface area (TPSA) is 144 Å². The lowest BCUT2D eigenvalue weighted by Gasteiger charge is -2.06. The number of benzene rings is 1. The van der Waals surface area contributed by atoms with E-state index in [9.17, 15) is 18.5 Å². The van der Waals surface area contributed by atoms with Crippen molar-refractivity contribution in [3.8, 4) is 0 Å². The second-order valence-corrected chi connectivity index (χ2v) is 6.17. The number of H-pyrrole nitrogens is 1. The van der Waals surface area contributed by atoms with Gasteiger partial charge in [0.2, 0.25) is 10.0 Å². The predicted molar refractivity (Wildman–Crippen MR) is 69.0 cm³/mol. The van der Waals surface area contributed by atoms with Crippen molar-refractivity contribution in [1.29, 1.82) is 0 Å². The number of nitro benzene ring substituents is 1. The number of aromatic nitrogens is 4. The fourth-order valence-corrected chi connectivity index (χ4v) is 3.04. The fourth-order valence-electron chi connectivity index (χ4n) is 1.35. The van der Waals surface area contributed by atoms with Crippen LogP contribution in [0.2, 0.25) is 0 Å². The first-order chi connectivity index (χ1) is 9.40. The number of rotatable bonds is 5. The smallest absolute Gasteiger partial charge is 0.258 e. The number of tetrazole rings is 1. The van der Waals surface area contributed by atoms with Crippen LogP contribution in [-0.2, 0) is 16.6 Å². The van der Waals surface area contributed by atoms with E-state index in [1.54, 1.807) is 0 Å². The van der Waals surface area contributed by atoms with Crippen LogP contribution in [0.15, 0.2) is 27.6 Å². The van der Waals surface area contributed by atoms with Crippen molar-refractivity contribution in [2.24, 2.45) is 0 Å². The first-order valence-corrected chi connectivity index (χ1v) is 7.34.